The van der Waals surface area contributed by atoms with Gasteiger partial charge in [-0.1, -0.05) is 23.8 Å². The third kappa shape index (κ3) is 3.82. The van der Waals surface area contributed by atoms with E-state index in [1.807, 2.05) is 0 Å². The zero-order valence-electron chi connectivity index (χ0n) is 11.7. The van der Waals surface area contributed by atoms with Crippen molar-refractivity contribution in [2.24, 2.45) is 0 Å². The van der Waals surface area contributed by atoms with E-state index in [2.05, 4.69) is 36.9 Å². The zero-order chi connectivity index (χ0) is 13.0. The maximum Gasteiger partial charge on any atom is 0.0431 e. The van der Waals surface area contributed by atoms with E-state index < -0.39 is 0 Å². The van der Waals surface area contributed by atoms with E-state index in [-0.39, 0.29) is 0 Å². The molecule has 0 saturated heterocycles. The highest BCUT2D eigenvalue weighted by Crippen LogP contribution is 2.29. The van der Waals surface area contributed by atoms with Gasteiger partial charge in [-0.3, -0.25) is 4.90 Å². The van der Waals surface area contributed by atoms with Gasteiger partial charge in [-0.2, -0.15) is 0 Å². The monoisotopic (exact) mass is 247 g/mol. The van der Waals surface area contributed by atoms with Gasteiger partial charge >= 0.3 is 0 Å². The summed E-state index contributed by atoms with van der Waals surface area (Å²) in [7, 11) is 0. The number of aliphatic hydroxyl groups excluding tert-OH is 1. The van der Waals surface area contributed by atoms with Crippen LogP contribution in [0, 0.1) is 13.8 Å². The fourth-order valence-electron chi connectivity index (χ4n) is 2.45. The molecule has 1 aliphatic carbocycles. The van der Waals surface area contributed by atoms with Crippen LogP contribution in [0.5, 0.6) is 0 Å². The first kappa shape index (κ1) is 13.6. The lowest BCUT2D eigenvalue weighted by Crippen LogP contribution is -2.27. The molecule has 1 saturated carbocycles. The lowest BCUT2D eigenvalue weighted by Gasteiger charge is -2.23. The summed E-state index contributed by atoms with van der Waals surface area (Å²) in [4.78, 5) is 2.59. The second-order valence-electron chi connectivity index (χ2n) is 5.56. The Morgan fingerprint density at radius 3 is 2.67 bits per heavy atom. The topological polar surface area (TPSA) is 23.5 Å². The summed E-state index contributed by atoms with van der Waals surface area (Å²) in [6, 6.07) is 7.52. The molecular formula is C16H25NO. The Labute approximate surface area is 111 Å². The Hall–Kier alpha value is -0.860. The molecule has 1 aromatic carbocycles. The van der Waals surface area contributed by atoms with Crippen LogP contribution in [0.15, 0.2) is 18.2 Å². The summed E-state index contributed by atoms with van der Waals surface area (Å²) < 4.78 is 0. The first-order valence-corrected chi connectivity index (χ1v) is 7.11. The largest absolute Gasteiger partial charge is 0.396 e. The van der Waals surface area contributed by atoms with E-state index in [1.54, 1.807) is 0 Å². The Bertz CT molecular complexity index is 385. The van der Waals surface area contributed by atoms with Crippen molar-refractivity contribution in [2.75, 3.05) is 13.2 Å². The predicted octanol–water partition coefficient (Wildman–Crippen LogP) is 3.04. The fraction of sp³-hybridized carbons (Fsp3) is 0.625. The molecule has 0 amide bonds. The number of unbranched alkanes of at least 4 members (excludes halogenated alkanes) is 1. The Morgan fingerprint density at radius 1 is 1.22 bits per heavy atom. The number of rotatable bonds is 7. The Balaban J connectivity index is 1.97. The Kier molecular flexibility index (Phi) is 4.79. The van der Waals surface area contributed by atoms with Crippen LogP contribution in [-0.2, 0) is 6.54 Å². The standard InChI is InChI=1S/C16H25NO/c1-13-5-6-14(2)15(11-13)12-17(16-7-8-16)9-3-4-10-18/h5-6,11,16,18H,3-4,7-10,12H2,1-2H3. The highest BCUT2D eigenvalue weighted by atomic mass is 16.2. The predicted molar refractivity (Wildman–Crippen MR) is 75.7 cm³/mol. The minimum absolute atomic E-state index is 0.321. The van der Waals surface area contributed by atoms with Gasteiger partial charge < -0.3 is 5.11 Å². The molecule has 1 fully saturated rings. The van der Waals surface area contributed by atoms with Crippen molar-refractivity contribution in [3.05, 3.63) is 34.9 Å². The van der Waals surface area contributed by atoms with Gasteiger partial charge in [-0.25, -0.2) is 0 Å². The first-order chi connectivity index (χ1) is 8.70. The van der Waals surface area contributed by atoms with Crippen molar-refractivity contribution >= 4 is 0 Å². The van der Waals surface area contributed by atoms with Crippen LogP contribution in [0.4, 0.5) is 0 Å². The summed E-state index contributed by atoms with van der Waals surface area (Å²) >= 11 is 0. The van der Waals surface area contributed by atoms with E-state index >= 15 is 0 Å². The van der Waals surface area contributed by atoms with E-state index in [4.69, 9.17) is 5.11 Å². The second kappa shape index (κ2) is 6.35. The number of benzene rings is 1. The van der Waals surface area contributed by atoms with Crippen molar-refractivity contribution in [1.29, 1.82) is 0 Å². The molecule has 1 aliphatic rings. The van der Waals surface area contributed by atoms with Crippen molar-refractivity contribution < 1.29 is 5.11 Å². The molecule has 2 nitrogen and oxygen atoms in total. The average Bonchev–Trinajstić information content (AvgIpc) is 3.17. The molecule has 0 aliphatic heterocycles. The molecule has 0 radical (unpaired) electrons. The Morgan fingerprint density at radius 2 is 2.00 bits per heavy atom. The van der Waals surface area contributed by atoms with Crippen LogP contribution in [0.25, 0.3) is 0 Å². The van der Waals surface area contributed by atoms with Crippen LogP contribution in [0.2, 0.25) is 0 Å². The number of aryl methyl sites for hydroxylation is 2. The highest BCUT2D eigenvalue weighted by molar-refractivity contribution is 5.30. The molecule has 0 atom stereocenters. The summed E-state index contributed by atoms with van der Waals surface area (Å²) in [5.41, 5.74) is 4.21. The lowest BCUT2D eigenvalue weighted by molar-refractivity contribution is 0.228. The zero-order valence-corrected chi connectivity index (χ0v) is 11.7. The van der Waals surface area contributed by atoms with Crippen LogP contribution in [0.3, 0.4) is 0 Å². The van der Waals surface area contributed by atoms with Crippen LogP contribution in [-0.4, -0.2) is 29.2 Å². The maximum absolute atomic E-state index is 8.89. The molecule has 0 bridgehead atoms. The molecule has 18 heavy (non-hydrogen) atoms. The molecule has 0 spiro atoms. The summed E-state index contributed by atoms with van der Waals surface area (Å²) in [6.07, 6.45) is 4.74. The van der Waals surface area contributed by atoms with Gasteiger partial charge in [0.15, 0.2) is 0 Å². The minimum Gasteiger partial charge on any atom is -0.396 e. The van der Waals surface area contributed by atoms with Crippen LogP contribution >= 0.6 is 0 Å². The lowest BCUT2D eigenvalue weighted by atomic mass is 10.0. The SMILES string of the molecule is Cc1ccc(C)c(CN(CCCCO)C2CC2)c1. The van der Waals surface area contributed by atoms with Crippen molar-refractivity contribution in [3.63, 3.8) is 0 Å². The van der Waals surface area contributed by atoms with Crippen LogP contribution < -0.4 is 0 Å². The molecular weight excluding hydrogens is 222 g/mol. The normalized spacial score (nSPS) is 15.3. The fourth-order valence-corrected chi connectivity index (χ4v) is 2.45. The quantitative estimate of drug-likeness (QED) is 0.749. The number of hydrogen-bond acceptors (Lipinski definition) is 2. The molecule has 2 heteroatoms. The molecule has 0 unspecified atom stereocenters. The van der Waals surface area contributed by atoms with E-state index in [9.17, 15) is 0 Å². The van der Waals surface area contributed by atoms with Crippen molar-refractivity contribution in [1.82, 2.24) is 4.90 Å². The van der Waals surface area contributed by atoms with E-state index in [0.29, 0.717) is 6.61 Å². The summed E-state index contributed by atoms with van der Waals surface area (Å²) in [6.45, 7) is 6.88. The highest BCUT2D eigenvalue weighted by Gasteiger charge is 2.28. The third-order valence-corrected chi connectivity index (χ3v) is 3.79. The summed E-state index contributed by atoms with van der Waals surface area (Å²) in [5, 5.41) is 8.89. The van der Waals surface area contributed by atoms with Gasteiger partial charge in [-0.05, 0) is 57.2 Å². The number of nitrogens with zero attached hydrogens (tertiary/aromatic N) is 1. The van der Waals surface area contributed by atoms with Gasteiger partial charge in [0.1, 0.15) is 0 Å². The van der Waals surface area contributed by atoms with Gasteiger partial charge in [0.05, 0.1) is 0 Å². The van der Waals surface area contributed by atoms with E-state index in [0.717, 1.165) is 32.0 Å². The maximum atomic E-state index is 8.89. The van der Waals surface area contributed by atoms with Gasteiger partial charge in [0, 0.05) is 19.2 Å². The van der Waals surface area contributed by atoms with Gasteiger partial charge in [-0.15, -0.1) is 0 Å². The molecule has 0 aromatic heterocycles. The first-order valence-electron chi connectivity index (χ1n) is 7.11. The van der Waals surface area contributed by atoms with Crippen molar-refractivity contribution in [2.45, 2.75) is 52.1 Å². The molecule has 1 N–H and O–H groups in total. The molecule has 0 heterocycles. The van der Waals surface area contributed by atoms with E-state index in [1.165, 1.54) is 29.5 Å². The summed E-state index contributed by atoms with van der Waals surface area (Å²) in [5.74, 6) is 0. The smallest absolute Gasteiger partial charge is 0.0431 e. The third-order valence-electron chi connectivity index (χ3n) is 3.79. The molecule has 1 aromatic rings. The number of hydrogen-bond donors (Lipinski definition) is 1. The average molecular weight is 247 g/mol. The van der Waals surface area contributed by atoms with Gasteiger partial charge in [0.25, 0.3) is 0 Å². The van der Waals surface area contributed by atoms with Crippen LogP contribution in [0.1, 0.15) is 42.4 Å². The second-order valence-corrected chi connectivity index (χ2v) is 5.56. The van der Waals surface area contributed by atoms with Gasteiger partial charge in [0.2, 0.25) is 0 Å². The van der Waals surface area contributed by atoms with Crippen molar-refractivity contribution in [3.8, 4) is 0 Å². The molecule has 2 rings (SSSR count). The minimum atomic E-state index is 0.321. The number of aliphatic hydroxyl groups is 1. The molecule has 100 valence electrons.